The van der Waals surface area contributed by atoms with Crippen molar-refractivity contribution in [2.45, 2.75) is 26.2 Å². The highest BCUT2D eigenvalue weighted by atomic mass is 35.5. The van der Waals surface area contributed by atoms with Crippen LogP contribution in [0.4, 0.5) is 11.4 Å². The Hall–Kier alpha value is -0.890. The van der Waals surface area contributed by atoms with Crippen LogP contribution in [0.5, 0.6) is 0 Å². The molecule has 1 aromatic carbocycles. The zero-order chi connectivity index (χ0) is 10.8. The van der Waals surface area contributed by atoms with Crippen molar-refractivity contribution in [3.8, 4) is 0 Å². The van der Waals surface area contributed by atoms with Gasteiger partial charge in [0.1, 0.15) is 0 Å². The monoisotopic (exact) mass is 224 g/mol. The molecule has 0 saturated heterocycles. The molecule has 0 spiro atoms. The third-order valence-electron chi connectivity index (χ3n) is 2.91. The molecule has 82 valence electrons. The van der Waals surface area contributed by atoms with Gasteiger partial charge in [0.05, 0.1) is 10.7 Å². The number of rotatable bonds is 4. The Balaban J connectivity index is 1.96. The van der Waals surface area contributed by atoms with E-state index in [1.165, 1.54) is 19.3 Å². The first kappa shape index (κ1) is 10.6. The van der Waals surface area contributed by atoms with Gasteiger partial charge in [-0.25, -0.2) is 0 Å². The maximum atomic E-state index is 5.97. The second-order valence-electron chi connectivity index (χ2n) is 4.35. The molecular weight excluding hydrogens is 208 g/mol. The molecule has 1 aliphatic carbocycles. The first-order chi connectivity index (χ1) is 7.16. The lowest BCUT2D eigenvalue weighted by Crippen LogP contribution is -2.04. The number of halogens is 1. The highest BCUT2D eigenvalue weighted by molar-refractivity contribution is 6.33. The molecule has 15 heavy (non-hydrogen) atoms. The van der Waals surface area contributed by atoms with Crippen LogP contribution in [-0.4, -0.2) is 6.54 Å². The molecule has 1 fully saturated rings. The lowest BCUT2D eigenvalue weighted by molar-refractivity contribution is 0.760. The van der Waals surface area contributed by atoms with Crippen LogP contribution in [-0.2, 0) is 0 Å². The number of benzene rings is 1. The van der Waals surface area contributed by atoms with Crippen LogP contribution >= 0.6 is 11.6 Å². The van der Waals surface area contributed by atoms with Gasteiger partial charge in [-0.15, -0.1) is 0 Å². The number of nitrogens with one attached hydrogen (secondary N) is 1. The summed E-state index contributed by atoms with van der Waals surface area (Å²) < 4.78 is 0. The average molecular weight is 225 g/mol. The van der Waals surface area contributed by atoms with E-state index in [1.807, 2.05) is 19.1 Å². The summed E-state index contributed by atoms with van der Waals surface area (Å²) >= 11 is 5.97. The smallest absolute Gasteiger partial charge is 0.0656 e. The highest BCUT2D eigenvalue weighted by Crippen LogP contribution is 2.32. The molecule has 3 N–H and O–H groups in total. The normalized spacial score (nSPS) is 15.3. The fourth-order valence-electron chi connectivity index (χ4n) is 1.71. The van der Waals surface area contributed by atoms with Gasteiger partial charge < -0.3 is 11.1 Å². The second-order valence-corrected chi connectivity index (χ2v) is 4.75. The summed E-state index contributed by atoms with van der Waals surface area (Å²) in [7, 11) is 0. The van der Waals surface area contributed by atoms with Crippen molar-refractivity contribution >= 4 is 23.0 Å². The van der Waals surface area contributed by atoms with E-state index in [9.17, 15) is 0 Å². The fraction of sp³-hybridized carbons (Fsp3) is 0.500. The number of nitrogen functional groups attached to an aromatic ring is 1. The summed E-state index contributed by atoms with van der Waals surface area (Å²) in [5.41, 5.74) is 8.64. The first-order valence-corrected chi connectivity index (χ1v) is 5.84. The summed E-state index contributed by atoms with van der Waals surface area (Å²) in [5, 5.41) is 4.05. The van der Waals surface area contributed by atoms with Gasteiger partial charge in [0.25, 0.3) is 0 Å². The Morgan fingerprint density at radius 2 is 2.20 bits per heavy atom. The van der Waals surface area contributed by atoms with Crippen LogP contribution in [0.25, 0.3) is 0 Å². The molecule has 0 unspecified atom stereocenters. The van der Waals surface area contributed by atoms with Crippen LogP contribution in [0.3, 0.4) is 0 Å². The van der Waals surface area contributed by atoms with Crippen molar-refractivity contribution in [1.29, 1.82) is 0 Å². The molecule has 2 nitrogen and oxygen atoms in total. The van der Waals surface area contributed by atoms with Gasteiger partial charge in [-0.3, -0.25) is 0 Å². The summed E-state index contributed by atoms with van der Waals surface area (Å²) in [6.45, 7) is 3.08. The van der Waals surface area contributed by atoms with E-state index in [0.717, 1.165) is 23.7 Å². The minimum atomic E-state index is 0.634. The van der Waals surface area contributed by atoms with E-state index in [0.29, 0.717) is 10.7 Å². The number of hydrogen-bond donors (Lipinski definition) is 2. The maximum absolute atomic E-state index is 5.97. The Morgan fingerprint density at radius 1 is 1.47 bits per heavy atom. The zero-order valence-electron chi connectivity index (χ0n) is 9.02. The van der Waals surface area contributed by atoms with E-state index in [4.69, 9.17) is 17.3 Å². The first-order valence-electron chi connectivity index (χ1n) is 5.46. The minimum Gasteiger partial charge on any atom is -0.398 e. The van der Waals surface area contributed by atoms with E-state index in [1.54, 1.807) is 0 Å². The Bertz CT molecular complexity index is 359. The maximum Gasteiger partial charge on any atom is 0.0656 e. The van der Waals surface area contributed by atoms with Gasteiger partial charge in [0, 0.05) is 12.2 Å². The van der Waals surface area contributed by atoms with Crippen LogP contribution in [0, 0.1) is 12.8 Å². The lowest BCUT2D eigenvalue weighted by Gasteiger charge is -2.11. The molecule has 0 amide bonds. The summed E-state index contributed by atoms with van der Waals surface area (Å²) in [6, 6.07) is 3.83. The molecule has 0 aliphatic heterocycles. The molecule has 0 aromatic heterocycles. The van der Waals surface area contributed by atoms with Gasteiger partial charge in [0.2, 0.25) is 0 Å². The van der Waals surface area contributed by atoms with Crippen LogP contribution in [0.1, 0.15) is 24.8 Å². The molecule has 0 atom stereocenters. The predicted molar refractivity (Wildman–Crippen MR) is 66.4 cm³/mol. The summed E-state index contributed by atoms with van der Waals surface area (Å²) in [5.74, 6) is 0.960. The Kier molecular flexibility index (Phi) is 3.06. The molecule has 2 rings (SSSR count). The van der Waals surface area contributed by atoms with E-state index in [-0.39, 0.29) is 0 Å². The van der Waals surface area contributed by atoms with E-state index >= 15 is 0 Å². The number of aryl methyl sites for hydroxylation is 1. The summed E-state index contributed by atoms with van der Waals surface area (Å²) in [4.78, 5) is 0. The molecular formula is C12H17ClN2. The molecule has 3 heteroatoms. The molecule has 0 bridgehead atoms. The lowest BCUT2D eigenvalue weighted by atomic mass is 10.1. The van der Waals surface area contributed by atoms with Crippen molar-refractivity contribution < 1.29 is 0 Å². The largest absolute Gasteiger partial charge is 0.398 e. The third-order valence-corrected chi connectivity index (χ3v) is 3.24. The minimum absolute atomic E-state index is 0.634. The molecule has 1 aromatic rings. The molecule has 1 saturated carbocycles. The van der Waals surface area contributed by atoms with Crippen LogP contribution in [0.2, 0.25) is 5.02 Å². The van der Waals surface area contributed by atoms with Crippen molar-refractivity contribution in [3.63, 3.8) is 0 Å². The van der Waals surface area contributed by atoms with Crippen molar-refractivity contribution in [1.82, 2.24) is 0 Å². The number of nitrogens with two attached hydrogens (primary N) is 1. The second kappa shape index (κ2) is 4.31. The topological polar surface area (TPSA) is 38.0 Å². The van der Waals surface area contributed by atoms with Crippen LogP contribution < -0.4 is 11.1 Å². The third kappa shape index (κ3) is 2.78. The molecule has 0 radical (unpaired) electrons. The van der Waals surface area contributed by atoms with Gasteiger partial charge in [-0.1, -0.05) is 24.4 Å². The standard InChI is InChI=1S/C12H17ClN2/c1-8-6-11(14)10(13)7-12(8)15-5-4-9-2-3-9/h6-7,9,15H,2-5,14H2,1H3. The zero-order valence-corrected chi connectivity index (χ0v) is 9.77. The van der Waals surface area contributed by atoms with E-state index < -0.39 is 0 Å². The number of hydrogen-bond acceptors (Lipinski definition) is 2. The van der Waals surface area contributed by atoms with Gasteiger partial charge >= 0.3 is 0 Å². The average Bonchev–Trinajstić information content (AvgIpc) is 2.97. The van der Waals surface area contributed by atoms with Gasteiger partial charge in [-0.2, -0.15) is 0 Å². The van der Waals surface area contributed by atoms with Gasteiger partial charge in [-0.05, 0) is 37.0 Å². The Morgan fingerprint density at radius 3 is 2.87 bits per heavy atom. The number of anilines is 2. The Labute approximate surface area is 95.8 Å². The van der Waals surface area contributed by atoms with Crippen molar-refractivity contribution in [3.05, 3.63) is 22.7 Å². The van der Waals surface area contributed by atoms with Crippen LogP contribution in [0.15, 0.2) is 12.1 Å². The van der Waals surface area contributed by atoms with E-state index in [2.05, 4.69) is 5.32 Å². The summed E-state index contributed by atoms with van der Waals surface area (Å²) in [6.07, 6.45) is 4.08. The molecule has 1 aliphatic rings. The predicted octanol–water partition coefficient (Wildman–Crippen LogP) is 3.44. The van der Waals surface area contributed by atoms with Gasteiger partial charge in [0.15, 0.2) is 0 Å². The quantitative estimate of drug-likeness (QED) is 0.769. The van der Waals surface area contributed by atoms with Crippen molar-refractivity contribution in [2.75, 3.05) is 17.6 Å². The van der Waals surface area contributed by atoms with Crippen molar-refractivity contribution in [2.24, 2.45) is 5.92 Å². The SMILES string of the molecule is Cc1cc(N)c(Cl)cc1NCCC1CC1. The highest BCUT2D eigenvalue weighted by Gasteiger charge is 2.20. The fourth-order valence-corrected chi connectivity index (χ4v) is 1.88. The molecule has 0 heterocycles.